The lowest BCUT2D eigenvalue weighted by molar-refractivity contribution is -0.212. The van der Waals surface area contributed by atoms with E-state index in [4.69, 9.17) is 30.5 Å². The van der Waals surface area contributed by atoms with Crippen LogP contribution in [0, 0.1) is 11.6 Å². The molecule has 5 atom stereocenters. The standard InChI is InChI=1S/C25H23ClF2N4O7S/c1-12(33)36-11-21-23(37-13(2)34)22(32-10-20(30-31-32)15-4-5-18(27)19(28)6-15)24(38-14(3)35)25(39-21)40-17-7-16(26)8-29-9-17/h4-10,21-25H,11H2,1-3H3/t21?,22?,23-,24?,25+/m0/s1. The molecule has 11 nitrogen and oxygen atoms in total. The van der Waals surface area contributed by atoms with Crippen LogP contribution in [0.2, 0.25) is 5.02 Å². The molecule has 0 saturated carbocycles. The van der Waals surface area contributed by atoms with E-state index in [9.17, 15) is 23.2 Å². The maximum atomic E-state index is 13.9. The van der Waals surface area contributed by atoms with E-state index < -0.39 is 59.3 Å². The average molecular weight is 597 g/mol. The Balaban J connectivity index is 1.80. The van der Waals surface area contributed by atoms with Crippen LogP contribution in [0.15, 0.2) is 47.8 Å². The van der Waals surface area contributed by atoms with Crippen molar-refractivity contribution in [3.05, 3.63) is 59.5 Å². The predicted octanol–water partition coefficient (Wildman–Crippen LogP) is 3.76. The molecule has 1 saturated heterocycles. The fourth-order valence-electron chi connectivity index (χ4n) is 4.08. The first-order valence-electron chi connectivity index (χ1n) is 11.8. The van der Waals surface area contributed by atoms with Crippen LogP contribution in [0.1, 0.15) is 26.8 Å². The SMILES string of the molecule is CC(=O)OCC1O[C@H](Sc2cncc(Cl)c2)C(OC(C)=O)C(n2cc(-c3ccc(F)c(F)c3)nn2)[C@H]1OC(C)=O. The number of hydrogen-bond donors (Lipinski definition) is 0. The van der Waals surface area contributed by atoms with Gasteiger partial charge in [0.2, 0.25) is 0 Å². The van der Waals surface area contributed by atoms with Crippen molar-refractivity contribution in [2.24, 2.45) is 0 Å². The summed E-state index contributed by atoms with van der Waals surface area (Å²) in [5.74, 6) is -4.09. The van der Waals surface area contributed by atoms with Crippen molar-refractivity contribution >= 4 is 41.3 Å². The van der Waals surface area contributed by atoms with Gasteiger partial charge in [-0.05, 0) is 24.3 Å². The Labute approximate surface area is 236 Å². The zero-order valence-corrected chi connectivity index (χ0v) is 22.9. The molecule has 3 aromatic rings. The van der Waals surface area contributed by atoms with Gasteiger partial charge in [0.25, 0.3) is 0 Å². The number of carbonyl (C=O) groups is 3. The number of nitrogens with zero attached hydrogens (tertiary/aromatic N) is 4. The molecular formula is C25H23ClF2N4O7S. The second kappa shape index (κ2) is 12.7. The number of hydrogen-bond acceptors (Lipinski definition) is 11. The molecule has 0 N–H and O–H groups in total. The Bertz CT molecular complexity index is 1410. The quantitative estimate of drug-likeness (QED) is 0.278. The van der Waals surface area contributed by atoms with Gasteiger partial charge in [0.05, 0.1) is 11.2 Å². The zero-order valence-electron chi connectivity index (χ0n) is 21.3. The van der Waals surface area contributed by atoms with Crippen molar-refractivity contribution in [1.82, 2.24) is 20.0 Å². The number of rotatable bonds is 8. The minimum Gasteiger partial charge on any atom is -0.463 e. The van der Waals surface area contributed by atoms with E-state index in [1.807, 2.05) is 0 Å². The number of carbonyl (C=O) groups excluding carboxylic acids is 3. The first-order chi connectivity index (χ1) is 19.0. The summed E-state index contributed by atoms with van der Waals surface area (Å²) in [5.41, 5.74) is -0.580. The lowest BCUT2D eigenvalue weighted by Gasteiger charge is -2.44. The maximum Gasteiger partial charge on any atom is 0.303 e. The highest BCUT2D eigenvalue weighted by Crippen LogP contribution is 2.41. The summed E-state index contributed by atoms with van der Waals surface area (Å²) in [7, 11) is 0. The molecule has 212 valence electrons. The fourth-order valence-corrected chi connectivity index (χ4v) is 5.45. The molecule has 1 aliphatic rings. The van der Waals surface area contributed by atoms with Gasteiger partial charge in [-0.3, -0.25) is 19.4 Å². The van der Waals surface area contributed by atoms with E-state index in [1.165, 1.54) is 50.1 Å². The predicted molar refractivity (Wildman–Crippen MR) is 136 cm³/mol. The van der Waals surface area contributed by atoms with Gasteiger partial charge in [0.15, 0.2) is 23.8 Å². The monoisotopic (exact) mass is 596 g/mol. The van der Waals surface area contributed by atoms with Crippen LogP contribution in [-0.4, -0.2) is 68.2 Å². The molecular weight excluding hydrogens is 574 g/mol. The van der Waals surface area contributed by atoms with Gasteiger partial charge >= 0.3 is 17.9 Å². The van der Waals surface area contributed by atoms with Crippen LogP contribution in [0.3, 0.4) is 0 Å². The topological polar surface area (TPSA) is 132 Å². The highest BCUT2D eigenvalue weighted by Gasteiger charge is 2.52. The van der Waals surface area contributed by atoms with Gasteiger partial charge in [0.1, 0.15) is 29.9 Å². The molecule has 0 aliphatic carbocycles. The largest absolute Gasteiger partial charge is 0.463 e. The molecule has 40 heavy (non-hydrogen) atoms. The number of esters is 3. The van der Waals surface area contributed by atoms with Gasteiger partial charge in [-0.2, -0.15) is 0 Å². The zero-order chi connectivity index (χ0) is 29.0. The smallest absolute Gasteiger partial charge is 0.303 e. The van der Waals surface area contributed by atoms with Crippen molar-refractivity contribution in [3.63, 3.8) is 0 Å². The van der Waals surface area contributed by atoms with Crippen LogP contribution in [-0.2, 0) is 33.3 Å². The molecule has 1 fully saturated rings. The molecule has 0 spiro atoms. The van der Waals surface area contributed by atoms with Crippen molar-refractivity contribution < 1.29 is 42.1 Å². The molecule has 0 bridgehead atoms. The Morgan fingerprint density at radius 1 is 1.02 bits per heavy atom. The number of benzene rings is 1. The lowest BCUT2D eigenvalue weighted by Crippen LogP contribution is -2.57. The van der Waals surface area contributed by atoms with Crippen LogP contribution < -0.4 is 0 Å². The van der Waals surface area contributed by atoms with Gasteiger partial charge < -0.3 is 18.9 Å². The molecule has 0 radical (unpaired) electrons. The molecule has 1 aliphatic heterocycles. The summed E-state index contributed by atoms with van der Waals surface area (Å²) in [5, 5.41) is 8.54. The molecule has 15 heteroatoms. The van der Waals surface area contributed by atoms with Crippen molar-refractivity contribution in [2.45, 2.75) is 55.5 Å². The summed E-state index contributed by atoms with van der Waals surface area (Å²) in [6, 6.07) is 3.78. The van der Waals surface area contributed by atoms with Gasteiger partial charge in [-0.25, -0.2) is 13.5 Å². The second-order valence-electron chi connectivity index (χ2n) is 8.65. The highest BCUT2D eigenvalue weighted by molar-refractivity contribution is 7.99. The molecule has 1 aromatic carbocycles. The minimum atomic E-state index is -1.19. The lowest BCUT2D eigenvalue weighted by atomic mass is 9.96. The van der Waals surface area contributed by atoms with E-state index in [1.54, 1.807) is 6.07 Å². The molecule has 3 heterocycles. The minimum absolute atomic E-state index is 0.160. The Hall–Kier alpha value is -3.62. The van der Waals surface area contributed by atoms with E-state index >= 15 is 0 Å². The van der Waals surface area contributed by atoms with Crippen molar-refractivity contribution in [1.29, 1.82) is 0 Å². The highest BCUT2D eigenvalue weighted by atomic mass is 35.5. The summed E-state index contributed by atoms with van der Waals surface area (Å²) in [6.45, 7) is 3.26. The van der Waals surface area contributed by atoms with E-state index in [0.29, 0.717) is 9.92 Å². The summed E-state index contributed by atoms with van der Waals surface area (Å²) < 4.78 is 51.3. The third-order valence-electron chi connectivity index (χ3n) is 5.63. The number of ether oxygens (including phenoxy) is 4. The summed E-state index contributed by atoms with van der Waals surface area (Å²) >= 11 is 7.21. The number of pyridine rings is 1. The normalized spacial score (nSPS) is 22.4. The Kier molecular flexibility index (Phi) is 9.32. The maximum absolute atomic E-state index is 13.9. The summed E-state index contributed by atoms with van der Waals surface area (Å²) in [4.78, 5) is 40.7. The molecule has 2 aromatic heterocycles. The van der Waals surface area contributed by atoms with Crippen LogP contribution in [0.25, 0.3) is 11.3 Å². The molecule has 3 unspecified atom stereocenters. The van der Waals surface area contributed by atoms with Crippen LogP contribution >= 0.6 is 23.4 Å². The number of aromatic nitrogens is 4. The van der Waals surface area contributed by atoms with Crippen LogP contribution in [0.5, 0.6) is 0 Å². The number of halogens is 3. The van der Waals surface area contributed by atoms with E-state index in [-0.39, 0.29) is 17.9 Å². The Morgan fingerprint density at radius 2 is 1.75 bits per heavy atom. The van der Waals surface area contributed by atoms with Crippen molar-refractivity contribution in [3.8, 4) is 11.3 Å². The Morgan fingerprint density at radius 3 is 2.40 bits per heavy atom. The first kappa shape index (κ1) is 29.4. The fraction of sp³-hybridized carbons (Fsp3) is 0.360. The number of thioether (sulfide) groups is 1. The average Bonchev–Trinajstić information content (AvgIpc) is 3.35. The molecule has 4 rings (SSSR count). The van der Waals surface area contributed by atoms with E-state index in [0.717, 1.165) is 23.9 Å². The van der Waals surface area contributed by atoms with Crippen molar-refractivity contribution in [2.75, 3.05) is 6.61 Å². The van der Waals surface area contributed by atoms with Gasteiger partial charge in [0, 0.05) is 43.6 Å². The second-order valence-corrected chi connectivity index (χ2v) is 10.3. The van der Waals surface area contributed by atoms with Crippen LogP contribution in [0.4, 0.5) is 8.78 Å². The third kappa shape index (κ3) is 7.11. The summed E-state index contributed by atoms with van der Waals surface area (Å²) in [6.07, 6.45) is 1.01. The third-order valence-corrected chi connectivity index (χ3v) is 6.95. The van der Waals surface area contributed by atoms with Gasteiger partial charge in [-0.15, -0.1) is 5.10 Å². The van der Waals surface area contributed by atoms with E-state index in [2.05, 4.69) is 15.3 Å². The molecule has 0 amide bonds. The van der Waals surface area contributed by atoms with Gasteiger partial charge in [-0.1, -0.05) is 28.6 Å². The first-order valence-corrected chi connectivity index (χ1v) is 13.1.